The van der Waals surface area contributed by atoms with Crippen molar-refractivity contribution in [2.24, 2.45) is 24.8 Å². The van der Waals surface area contributed by atoms with Crippen molar-refractivity contribution < 1.29 is 9.59 Å². The summed E-state index contributed by atoms with van der Waals surface area (Å²) in [6.07, 6.45) is 3.96. The maximum Gasteiger partial charge on any atom is 0.234 e. The summed E-state index contributed by atoms with van der Waals surface area (Å²) in [5.41, 5.74) is 2.65. The van der Waals surface area contributed by atoms with Crippen LogP contribution < -0.4 is 0 Å². The van der Waals surface area contributed by atoms with Gasteiger partial charge in [-0.15, -0.1) is 0 Å². The van der Waals surface area contributed by atoms with E-state index in [1.165, 1.54) is 9.70 Å². The third-order valence-corrected chi connectivity index (χ3v) is 5.45. The molecule has 1 saturated carbocycles. The van der Waals surface area contributed by atoms with Gasteiger partial charge in [-0.3, -0.25) is 14.5 Å². The number of imide groups is 1. The summed E-state index contributed by atoms with van der Waals surface area (Å²) in [7, 11) is 1.78. The number of carbonyl (C=O) groups excluding carboxylic acids is 2. The molecular weight excluding hydrogens is 304 g/mol. The molecule has 2 fully saturated rings. The lowest BCUT2D eigenvalue weighted by Gasteiger charge is -2.44. The van der Waals surface area contributed by atoms with Crippen molar-refractivity contribution in [2.75, 3.05) is 0 Å². The zero-order valence-electron chi connectivity index (χ0n) is 13.2. The molecule has 2 heterocycles. The van der Waals surface area contributed by atoms with Gasteiger partial charge in [0, 0.05) is 13.0 Å². The van der Waals surface area contributed by atoms with Crippen LogP contribution in [0.25, 0.3) is 6.08 Å². The molecule has 1 aliphatic heterocycles. The molecule has 2 amide bonds. The molecule has 0 spiro atoms. The number of hydrogen-bond donors (Lipinski definition) is 0. The summed E-state index contributed by atoms with van der Waals surface area (Å²) < 4.78 is 0. The van der Waals surface area contributed by atoms with E-state index in [2.05, 4.69) is 10.2 Å². The first-order valence-corrected chi connectivity index (χ1v) is 8.14. The van der Waals surface area contributed by atoms with Crippen LogP contribution in [0.3, 0.4) is 0 Å². The summed E-state index contributed by atoms with van der Waals surface area (Å²) in [5.74, 6) is -0.587. The molecule has 0 radical (unpaired) electrons. The molecule has 1 aromatic heterocycles. The largest absolute Gasteiger partial charge is 0.278 e. The van der Waals surface area contributed by atoms with Crippen LogP contribution >= 0.6 is 0 Å². The summed E-state index contributed by atoms with van der Waals surface area (Å²) in [6.45, 7) is 0.349. The summed E-state index contributed by atoms with van der Waals surface area (Å²) in [6, 6.07) is 9.64. The molecule has 1 aromatic carbocycles. The standard InChI is InChI=1S/C18H16N4O2/c1-21-19-12-8-7-11-13(16(12)20-21)15-14(11)17(23)22(18(15)24)9-10-5-3-2-4-6-10/h2-8,11,13-15H,9H2,1H3/t11-,13+,14+,15-/m1/s1. The predicted octanol–water partition coefficient (Wildman–Crippen LogP) is 1.36. The third kappa shape index (κ3) is 1.65. The first-order valence-electron chi connectivity index (χ1n) is 8.14. The van der Waals surface area contributed by atoms with E-state index in [1.54, 1.807) is 7.05 Å². The molecule has 0 unspecified atom stereocenters. The third-order valence-electron chi connectivity index (χ3n) is 5.45. The maximum absolute atomic E-state index is 12.9. The highest BCUT2D eigenvalue weighted by molar-refractivity contribution is 6.07. The fourth-order valence-corrected chi connectivity index (χ4v) is 4.38. The van der Waals surface area contributed by atoms with Gasteiger partial charge in [0.2, 0.25) is 11.8 Å². The fraction of sp³-hybridized carbons (Fsp3) is 0.333. The van der Waals surface area contributed by atoms with Crippen molar-refractivity contribution in [2.45, 2.75) is 12.5 Å². The molecule has 5 rings (SSSR count). The fourth-order valence-electron chi connectivity index (χ4n) is 4.38. The molecule has 1 saturated heterocycles. The van der Waals surface area contributed by atoms with Crippen molar-refractivity contribution in [1.29, 1.82) is 0 Å². The smallest absolute Gasteiger partial charge is 0.234 e. The van der Waals surface area contributed by atoms with E-state index < -0.39 is 0 Å². The number of aromatic nitrogens is 3. The minimum Gasteiger partial charge on any atom is -0.278 e. The van der Waals surface area contributed by atoms with E-state index in [-0.39, 0.29) is 35.5 Å². The van der Waals surface area contributed by atoms with Crippen LogP contribution in [0.5, 0.6) is 0 Å². The highest BCUT2D eigenvalue weighted by Gasteiger charge is 2.65. The topological polar surface area (TPSA) is 68.1 Å². The van der Waals surface area contributed by atoms with Crippen LogP contribution in [-0.2, 0) is 23.2 Å². The number of carbonyl (C=O) groups is 2. The van der Waals surface area contributed by atoms with E-state index >= 15 is 0 Å². The second-order valence-corrected chi connectivity index (χ2v) is 6.72. The van der Waals surface area contributed by atoms with Crippen molar-refractivity contribution in [3.63, 3.8) is 0 Å². The Morgan fingerprint density at radius 1 is 1.00 bits per heavy atom. The van der Waals surface area contributed by atoms with E-state index in [4.69, 9.17) is 0 Å². The number of rotatable bonds is 2. The Kier molecular flexibility index (Phi) is 2.63. The zero-order chi connectivity index (χ0) is 16.4. The lowest BCUT2D eigenvalue weighted by Crippen LogP contribution is -2.47. The number of hydrogen-bond acceptors (Lipinski definition) is 4. The minimum absolute atomic E-state index is 0.0130. The number of aryl methyl sites for hydroxylation is 1. The maximum atomic E-state index is 12.9. The Morgan fingerprint density at radius 2 is 1.75 bits per heavy atom. The van der Waals surface area contributed by atoms with Gasteiger partial charge in [-0.1, -0.05) is 36.4 Å². The Hall–Kier alpha value is -2.76. The monoisotopic (exact) mass is 320 g/mol. The van der Waals surface area contributed by atoms with Gasteiger partial charge >= 0.3 is 0 Å². The van der Waals surface area contributed by atoms with Crippen molar-refractivity contribution in [1.82, 2.24) is 19.9 Å². The lowest BCUT2D eigenvalue weighted by atomic mass is 9.55. The number of nitrogens with zero attached hydrogens (tertiary/aromatic N) is 4. The van der Waals surface area contributed by atoms with Gasteiger partial charge < -0.3 is 0 Å². The highest BCUT2D eigenvalue weighted by atomic mass is 16.2. The average Bonchev–Trinajstić information content (AvgIpc) is 3.01. The molecular formula is C18H16N4O2. The number of likely N-dealkylation sites (tertiary alicyclic amines) is 1. The quantitative estimate of drug-likeness (QED) is 0.784. The van der Waals surface area contributed by atoms with Gasteiger partial charge in [0.25, 0.3) is 0 Å². The molecule has 120 valence electrons. The van der Waals surface area contributed by atoms with Gasteiger partial charge in [-0.2, -0.15) is 15.0 Å². The molecule has 2 aliphatic carbocycles. The van der Waals surface area contributed by atoms with Crippen molar-refractivity contribution in [3.05, 3.63) is 53.4 Å². The average molecular weight is 320 g/mol. The second kappa shape index (κ2) is 4.63. The second-order valence-electron chi connectivity index (χ2n) is 6.72. The molecule has 4 atom stereocenters. The Labute approximate surface area is 138 Å². The normalized spacial score (nSPS) is 30.0. The van der Waals surface area contributed by atoms with Gasteiger partial charge in [-0.25, -0.2) is 0 Å². The summed E-state index contributed by atoms with van der Waals surface area (Å²) >= 11 is 0. The molecule has 24 heavy (non-hydrogen) atoms. The lowest BCUT2D eigenvalue weighted by molar-refractivity contribution is -0.140. The van der Waals surface area contributed by atoms with Gasteiger partial charge in [0.1, 0.15) is 5.69 Å². The molecule has 6 nitrogen and oxygen atoms in total. The molecule has 3 aliphatic rings. The van der Waals surface area contributed by atoms with Crippen molar-refractivity contribution >= 4 is 17.9 Å². The molecule has 6 heteroatoms. The van der Waals surface area contributed by atoms with Crippen LogP contribution in [-0.4, -0.2) is 31.7 Å². The van der Waals surface area contributed by atoms with Crippen LogP contribution in [0, 0.1) is 17.8 Å². The number of benzene rings is 1. The van der Waals surface area contributed by atoms with Gasteiger partial charge in [0.15, 0.2) is 0 Å². The Morgan fingerprint density at radius 3 is 2.54 bits per heavy atom. The zero-order valence-corrected chi connectivity index (χ0v) is 13.2. The van der Waals surface area contributed by atoms with Crippen LogP contribution in [0.2, 0.25) is 0 Å². The van der Waals surface area contributed by atoms with Crippen LogP contribution in [0.1, 0.15) is 22.9 Å². The van der Waals surface area contributed by atoms with Crippen molar-refractivity contribution in [3.8, 4) is 0 Å². The summed E-state index contributed by atoms with van der Waals surface area (Å²) in [4.78, 5) is 28.6. The minimum atomic E-state index is -0.286. The van der Waals surface area contributed by atoms with Gasteiger partial charge in [-0.05, 0) is 17.6 Å². The first-order chi connectivity index (χ1) is 11.6. The van der Waals surface area contributed by atoms with Crippen LogP contribution in [0.15, 0.2) is 36.4 Å². The number of allylic oxidation sites excluding steroid dienone is 1. The first kappa shape index (κ1) is 13.7. The number of amides is 2. The summed E-state index contributed by atoms with van der Waals surface area (Å²) in [5, 5.41) is 8.76. The number of fused-ring (bicyclic) bond motifs is 6. The molecule has 0 bridgehead atoms. The predicted molar refractivity (Wildman–Crippen MR) is 85.2 cm³/mol. The van der Waals surface area contributed by atoms with Gasteiger partial charge in [0.05, 0.1) is 24.1 Å². The van der Waals surface area contributed by atoms with E-state index in [0.29, 0.717) is 6.54 Å². The van der Waals surface area contributed by atoms with E-state index in [9.17, 15) is 9.59 Å². The van der Waals surface area contributed by atoms with Crippen LogP contribution in [0.4, 0.5) is 0 Å². The highest BCUT2D eigenvalue weighted by Crippen LogP contribution is 2.59. The van der Waals surface area contributed by atoms with E-state index in [1.807, 2.05) is 42.5 Å². The molecule has 0 N–H and O–H groups in total. The van der Waals surface area contributed by atoms with E-state index in [0.717, 1.165) is 17.0 Å². The Balaban J connectivity index is 1.48. The Bertz CT molecular complexity index is 886. The SMILES string of the molecule is Cn1nc2c(n1)[C@H]1[C@@H](C=C2)[C@@H]2C(=O)N(Cc3ccccc3)C(=O)[C@@H]21. The molecule has 2 aromatic rings.